The largest absolute Gasteiger partial charge is 0.380 e. The van der Waals surface area contributed by atoms with Crippen LogP contribution in [0.3, 0.4) is 0 Å². The van der Waals surface area contributed by atoms with Crippen LogP contribution >= 0.6 is 15.9 Å². The first-order chi connectivity index (χ1) is 7.69. The lowest BCUT2D eigenvalue weighted by Crippen LogP contribution is -2.22. The number of nitrogens with zero attached hydrogens (tertiary/aromatic N) is 2. The van der Waals surface area contributed by atoms with Crippen molar-refractivity contribution >= 4 is 21.6 Å². The number of hydrogen-bond acceptors (Lipinski definition) is 3. The number of hydrogen-bond donors (Lipinski definition) is 0. The van der Waals surface area contributed by atoms with Crippen LogP contribution in [0.5, 0.6) is 0 Å². The molecule has 0 amide bonds. The average Bonchev–Trinajstić information content (AvgIpc) is 2.29. The van der Waals surface area contributed by atoms with Gasteiger partial charge in [0.25, 0.3) is 0 Å². The molecule has 0 atom stereocenters. The van der Waals surface area contributed by atoms with E-state index in [1.807, 2.05) is 32.2 Å². The van der Waals surface area contributed by atoms with E-state index in [2.05, 4.69) is 26.9 Å². The molecular weight excluding hydrogens is 268 g/mol. The summed E-state index contributed by atoms with van der Waals surface area (Å²) in [6.07, 6.45) is 0. The number of anilines is 1. The van der Waals surface area contributed by atoms with E-state index in [-0.39, 0.29) is 0 Å². The second-order valence-electron chi connectivity index (χ2n) is 3.40. The van der Waals surface area contributed by atoms with Gasteiger partial charge in [0.15, 0.2) is 0 Å². The molecule has 4 heteroatoms. The van der Waals surface area contributed by atoms with Crippen LogP contribution in [-0.4, -0.2) is 26.8 Å². The smallest absolute Gasteiger partial charge is 0.0992 e. The molecule has 0 saturated carbocycles. The first-order valence-corrected chi connectivity index (χ1v) is 5.97. The first-order valence-electron chi connectivity index (χ1n) is 5.17. The summed E-state index contributed by atoms with van der Waals surface area (Å²) >= 11 is 3.46. The second kappa shape index (κ2) is 6.51. The first kappa shape index (κ1) is 13.0. The minimum Gasteiger partial charge on any atom is -0.380 e. The Morgan fingerprint density at radius 2 is 2.25 bits per heavy atom. The van der Waals surface area contributed by atoms with Gasteiger partial charge in [-0.3, -0.25) is 0 Å². The fourth-order valence-electron chi connectivity index (χ4n) is 1.35. The summed E-state index contributed by atoms with van der Waals surface area (Å²) in [5.74, 6) is 0. The fraction of sp³-hybridized carbons (Fsp3) is 0.417. The molecule has 0 spiro atoms. The van der Waals surface area contributed by atoms with Crippen LogP contribution in [0.25, 0.3) is 0 Å². The predicted octanol–water partition coefficient (Wildman–Crippen LogP) is 2.79. The van der Waals surface area contributed by atoms with Gasteiger partial charge in [0.1, 0.15) is 0 Å². The van der Waals surface area contributed by atoms with E-state index in [1.54, 1.807) is 0 Å². The Bertz CT molecular complexity index is 387. The zero-order chi connectivity index (χ0) is 12.0. The van der Waals surface area contributed by atoms with Crippen LogP contribution in [0, 0.1) is 11.3 Å². The number of rotatable bonds is 5. The quantitative estimate of drug-likeness (QED) is 0.780. The third-order valence-electron chi connectivity index (χ3n) is 2.26. The Hall–Kier alpha value is -1.05. The molecule has 0 aliphatic rings. The molecule has 1 rings (SSSR count). The molecule has 1 aromatic rings. The Labute approximate surface area is 105 Å². The maximum atomic E-state index is 8.76. The molecule has 86 valence electrons. The summed E-state index contributed by atoms with van der Waals surface area (Å²) in [4.78, 5) is 2.10. The Morgan fingerprint density at radius 1 is 1.50 bits per heavy atom. The van der Waals surface area contributed by atoms with E-state index >= 15 is 0 Å². The maximum Gasteiger partial charge on any atom is 0.0992 e. The predicted molar refractivity (Wildman–Crippen MR) is 68.6 cm³/mol. The average molecular weight is 283 g/mol. The number of ether oxygens (including phenoxy) is 1. The third-order valence-corrected chi connectivity index (χ3v) is 2.90. The van der Waals surface area contributed by atoms with Crippen molar-refractivity contribution in [3.05, 3.63) is 28.2 Å². The summed E-state index contributed by atoms with van der Waals surface area (Å²) in [5, 5.41) is 8.76. The molecule has 0 aromatic heterocycles. The van der Waals surface area contributed by atoms with Crippen molar-refractivity contribution in [2.75, 3.05) is 31.7 Å². The number of benzene rings is 1. The van der Waals surface area contributed by atoms with Crippen molar-refractivity contribution in [3.8, 4) is 6.07 Å². The highest BCUT2D eigenvalue weighted by atomic mass is 79.9. The number of halogens is 1. The van der Waals surface area contributed by atoms with Crippen LogP contribution in [0.15, 0.2) is 22.7 Å². The normalized spacial score (nSPS) is 9.88. The molecule has 0 radical (unpaired) electrons. The van der Waals surface area contributed by atoms with Gasteiger partial charge < -0.3 is 9.64 Å². The van der Waals surface area contributed by atoms with Crippen LogP contribution < -0.4 is 4.90 Å². The summed E-state index contributed by atoms with van der Waals surface area (Å²) in [5.41, 5.74) is 1.73. The van der Waals surface area contributed by atoms with E-state index in [1.165, 1.54) is 0 Å². The van der Waals surface area contributed by atoms with Gasteiger partial charge in [-0.05, 0) is 41.1 Å². The molecule has 0 N–H and O–H groups in total. The molecule has 0 heterocycles. The molecule has 3 nitrogen and oxygen atoms in total. The van der Waals surface area contributed by atoms with Crippen LogP contribution in [0.1, 0.15) is 12.5 Å². The molecule has 0 fully saturated rings. The molecular formula is C12H15BrN2O. The van der Waals surface area contributed by atoms with Crippen molar-refractivity contribution in [1.82, 2.24) is 0 Å². The fourth-order valence-corrected chi connectivity index (χ4v) is 2.03. The van der Waals surface area contributed by atoms with Gasteiger partial charge in [0, 0.05) is 24.7 Å². The van der Waals surface area contributed by atoms with E-state index in [4.69, 9.17) is 10.00 Å². The lowest BCUT2D eigenvalue weighted by Gasteiger charge is -2.20. The Morgan fingerprint density at radius 3 is 2.81 bits per heavy atom. The number of likely N-dealkylation sites (N-methyl/N-ethyl adjacent to an activating group) is 1. The SMILES string of the molecule is CCOCCN(C)c1ccc(C#N)cc1Br. The van der Waals surface area contributed by atoms with E-state index < -0.39 is 0 Å². The highest BCUT2D eigenvalue weighted by Crippen LogP contribution is 2.26. The van der Waals surface area contributed by atoms with Crippen LogP contribution in [0.4, 0.5) is 5.69 Å². The van der Waals surface area contributed by atoms with E-state index in [0.29, 0.717) is 12.2 Å². The zero-order valence-corrected chi connectivity index (χ0v) is 11.1. The number of nitriles is 1. The summed E-state index contributed by atoms with van der Waals surface area (Å²) < 4.78 is 6.24. The van der Waals surface area contributed by atoms with Crippen molar-refractivity contribution in [2.45, 2.75) is 6.92 Å². The standard InChI is InChI=1S/C12H15BrN2O/c1-3-16-7-6-15(2)12-5-4-10(9-14)8-11(12)13/h4-5,8H,3,6-7H2,1-2H3. The Kier molecular flexibility index (Phi) is 5.30. The topological polar surface area (TPSA) is 36.3 Å². The molecule has 0 unspecified atom stereocenters. The zero-order valence-electron chi connectivity index (χ0n) is 9.53. The monoisotopic (exact) mass is 282 g/mol. The molecule has 0 aliphatic heterocycles. The Balaban J connectivity index is 2.69. The highest BCUT2D eigenvalue weighted by Gasteiger charge is 2.06. The van der Waals surface area contributed by atoms with Gasteiger partial charge in [-0.1, -0.05) is 0 Å². The molecule has 0 aliphatic carbocycles. The van der Waals surface area contributed by atoms with Gasteiger partial charge in [0.05, 0.1) is 23.9 Å². The third kappa shape index (κ3) is 3.51. The van der Waals surface area contributed by atoms with E-state index in [0.717, 1.165) is 23.3 Å². The minimum absolute atomic E-state index is 0.661. The van der Waals surface area contributed by atoms with Gasteiger partial charge in [-0.2, -0.15) is 5.26 Å². The summed E-state index contributed by atoms with van der Waals surface area (Å²) in [6, 6.07) is 7.69. The van der Waals surface area contributed by atoms with Gasteiger partial charge in [-0.15, -0.1) is 0 Å². The lowest BCUT2D eigenvalue weighted by molar-refractivity contribution is 0.154. The molecule has 16 heavy (non-hydrogen) atoms. The van der Waals surface area contributed by atoms with Gasteiger partial charge in [-0.25, -0.2) is 0 Å². The summed E-state index contributed by atoms with van der Waals surface area (Å²) in [6.45, 7) is 4.26. The van der Waals surface area contributed by atoms with Crippen molar-refractivity contribution < 1.29 is 4.74 Å². The molecule has 0 bridgehead atoms. The van der Waals surface area contributed by atoms with E-state index in [9.17, 15) is 0 Å². The minimum atomic E-state index is 0.661. The molecule has 1 aromatic carbocycles. The van der Waals surface area contributed by atoms with Crippen molar-refractivity contribution in [3.63, 3.8) is 0 Å². The van der Waals surface area contributed by atoms with Gasteiger partial charge >= 0.3 is 0 Å². The van der Waals surface area contributed by atoms with Gasteiger partial charge in [0.2, 0.25) is 0 Å². The lowest BCUT2D eigenvalue weighted by atomic mass is 10.2. The van der Waals surface area contributed by atoms with Crippen molar-refractivity contribution in [1.29, 1.82) is 5.26 Å². The second-order valence-corrected chi connectivity index (χ2v) is 4.25. The van der Waals surface area contributed by atoms with Crippen molar-refractivity contribution in [2.24, 2.45) is 0 Å². The van der Waals surface area contributed by atoms with Crippen LogP contribution in [-0.2, 0) is 4.74 Å². The summed E-state index contributed by atoms with van der Waals surface area (Å²) in [7, 11) is 2.01. The maximum absolute atomic E-state index is 8.76. The highest BCUT2D eigenvalue weighted by molar-refractivity contribution is 9.10. The van der Waals surface area contributed by atoms with Crippen LogP contribution in [0.2, 0.25) is 0 Å². The molecule has 0 saturated heterocycles.